The molecule has 1 nitrogen and oxygen atoms in total. The van der Waals surface area contributed by atoms with Crippen LogP contribution in [0.2, 0.25) is 0 Å². The first-order chi connectivity index (χ1) is 9.67. The van der Waals surface area contributed by atoms with E-state index in [1.807, 2.05) is 0 Å². The minimum atomic E-state index is -0.112. The standard InChI is InChI=1S/C20H32O/c1-13-6-7-15(21)19(5)9-8-14-16-17(2,3)10-11-18(16,4)12-20(13,14)19/h14-16,21H,1,6-12H2,2-5H3/t14-,15+,16+,18+,19-,20-/m0/s1. The third-order valence-corrected chi connectivity index (χ3v) is 8.73. The highest BCUT2D eigenvalue weighted by Crippen LogP contribution is 2.80. The number of fused-ring (bicyclic) bond motifs is 2. The summed E-state index contributed by atoms with van der Waals surface area (Å²) in [7, 11) is 0. The van der Waals surface area contributed by atoms with Crippen LogP contribution in [0.25, 0.3) is 0 Å². The first kappa shape index (κ1) is 14.3. The van der Waals surface area contributed by atoms with Crippen molar-refractivity contribution in [1.29, 1.82) is 0 Å². The summed E-state index contributed by atoms with van der Waals surface area (Å²) in [5, 5.41) is 10.8. The Morgan fingerprint density at radius 3 is 2.48 bits per heavy atom. The highest BCUT2D eigenvalue weighted by atomic mass is 16.3. The van der Waals surface area contributed by atoms with E-state index in [0.29, 0.717) is 10.8 Å². The van der Waals surface area contributed by atoms with Crippen LogP contribution in [0.5, 0.6) is 0 Å². The van der Waals surface area contributed by atoms with Gasteiger partial charge in [0.05, 0.1) is 6.10 Å². The predicted molar refractivity (Wildman–Crippen MR) is 86.9 cm³/mol. The molecule has 4 rings (SSSR count). The van der Waals surface area contributed by atoms with Gasteiger partial charge in [0.15, 0.2) is 0 Å². The number of rotatable bonds is 0. The first-order valence-electron chi connectivity index (χ1n) is 9.04. The Kier molecular flexibility index (Phi) is 2.57. The average molecular weight is 288 g/mol. The second kappa shape index (κ2) is 3.78. The molecule has 4 saturated carbocycles. The molecule has 4 aliphatic rings. The zero-order chi connectivity index (χ0) is 15.3. The minimum Gasteiger partial charge on any atom is -0.393 e. The van der Waals surface area contributed by atoms with Crippen molar-refractivity contribution in [1.82, 2.24) is 0 Å². The molecule has 1 spiro atoms. The zero-order valence-electron chi connectivity index (χ0n) is 14.3. The normalized spacial score (nSPS) is 58.0. The van der Waals surface area contributed by atoms with E-state index in [4.69, 9.17) is 0 Å². The van der Waals surface area contributed by atoms with Gasteiger partial charge >= 0.3 is 0 Å². The van der Waals surface area contributed by atoms with Crippen molar-refractivity contribution in [3.63, 3.8) is 0 Å². The summed E-state index contributed by atoms with van der Waals surface area (Å²) in [5.41, 5.74) is 2.77. The highest BCUT2D eigenvalue weighted by molar-refractivity contribution is 5.33. The van der Waals surface area contributed by atoms with Crippen LogP contribution in [-0.2, 0) is 0 Å². The lowest BCUT2D eigenvalue weighted by Crippen LogP contribution is -2.50. The molecule has 0 unspecified atom stereocenters. The molecule has 1 N–H and O–H groups in total. The van der Waals surface area contributed by atoms with E-state index in [-0.39, 0.29) is 16.9 Å². The summed E-state index contributed by atoms with van der Waals surface area (Å²) in [6, 6.07) is 0. The van der Waals surface area contributed by atoms with Gasteiger partial charge in [0.1, 0.15) is 0 Å². The van der Waals surface area contributed by atoms with E-state index in [1.54, 1.807) is 0 Å². The van der Waals surface area contributed by atoms with Gasteiger partial charge in [-0.25, -0.2) is 0 Å². The molecule has 1 heteroatoms. The molecule has 0 radical (unpaired) electrons. The van der Waals surface area contributed by atoms with Crippen molar-refractivity contribution in [3.05, 3.63) is 12.2 Å². The van der Waals surface area contributed by atoms with E-state index in [2.05, 4.69) is 34.3 Å². The number of hydrogen-bond donors (Lipinski definition) is 1. The fourth-order valence-corrected chi connectivity index (χ4v) is 7.97. The van der Waals surface area contributed by atoms with Crippen LogP contribution in [0.3, 0.4) is 0 Å². The van der Waals surface area contributed by atoms with Gasteiger partial charge in [0.25, 0.3) is 0 Å². The lowest BCUT2D eigenvalue weighted by atomic mass is 9.52. The van der Waals surface area contributed by atoms with Crippen molar-refractivity contribution in [3.8, 4) is 0 Å². The predicted octanol–water partition coefficient (Wildman–Crippen LogP) is 4.95. The zero-order valence-corrected chi connectivity index (χ0v) is 14.3. The van der Waals surface area contributed by atoms with Gasteiger partial charge in [-0.15, -0.1) is 0 Å². The van der Waals surface area contributed by atoms with E-state index < -0.39 is 0 Å². The molecule has 4 fully saturated rings. The third kappa shape index (κ3) is 1.39. The molecule has 4 aliphatic carbocycles. The fraction of sp³-hybridized carbons (Fsp3) is 0.900. The maximum Gasteiger partial charge on any atom is 0.0605 e. The fourth-order valence-electron chi connectivity index (χ4n) is 7.97. The van der Waals surface area contributed by atoms with Crippen LogP contribution in [0.4, 0.5) is 0 Å². The summed E-state index contributed by atoms with van der Waals surface area (Å²) in [6.07, 6.45) is 8.46. The highest BCUT2D eigenvalue weighted by Gasteiger charge is 2.74. The monoisotopic (exact) mass is 288 g/mol. The maximum absolute atomic E-state index is 10.8. The third-order valence-electron chi connectivity index (χ3n) is 8.73. The first-order valence-corrected chi connectivity index (χ1v) is 9.04. The summed E-state index contributed by atoms with van der Waals surface area (Å²) in [6.45, 7) is 14.5. The Morgan fingerprint density at radius 1 is 1.05 bits per heavy atom. The van der Waals surface area contributed by atoms with Crippen molar-refractivity contribution in [2.75, 3.05) is 0 Å². The molecule has 118 valence electrons. The van der Waals surface area contributed by atoms with Crippen LogP contribution < -0.4 is 0 Å². The average Bonchev–Trinajstić information content (AvgIpc) is 2.92. The molecule has 0 saturated heterocycles. The number of aliphatic hydroxyl groups excluding tert-OH is 1. The SMILES string of the molecule is C=C1CC[C@@H](O)[C@]2(C)CC[C@H]3[C@@H]4C(C)(C)CC[C@]4(C)C[C@]132. The molecule has 21 heavy (non-hydrogen) atoms. The largest absolute Gasteiger partial charge is 0.393 e. The van der Waals surface area contributed by atoms with E-state index in [1.165, 1.54) is 37.7 Å². The van der Waals surface area contributed by atoms with Gasteiger partial charge in [0, 0.05) is 10.8 Å². The van der Waals surface area contributed by atoms with Crippen molar-refractivity contribution < 1.29 is 5.11 Å². The Morgan fingerprint density at radius 2 is 1.76 bits per heavy atom. The number of aliphatic hydroxyl groups is 1. The Bertz CT molecular complexity index is 506. The molecule has 0 heterocycles. The van der Waals surface area contributed by atoms with E-state index in [0.717, 1.165) is 24.7 Å². The number of hydrogen-bond acceptors (Lipinski definition) is 1. The van der Waals surface area contributed by atoms with Crippen molar-refractivity contribution in [2.45, 2.75) is 78.7 Å². The topological polar surface area (TPSA) is 20.2 Å². The molecule has 0 aromatic carbocycles. The quantitative estimate of drug-likeness (QED) is 0.626. The molecule has 0 aliphatic heterocycles. The minimum absolute atomic E-state index is 0.0937. The molecular weight excluding hydrogens is 256 g/mol. The molecule has 6 atom stereocenters. The molecule has 0 aromatic rings. The maximum atomic E-state index is 10.8. The Balaban J connectivity index is 1.88. The van der Waals surface area contributed by atoms with Gasteiger partial charge in [0.2, 0.25) is 0 Å². The molecule has 0 bridgehead atoms. The smallest absolute Gasteiger partial charge is 0.0605 e. The van der Waals surface area contributed by atoms with Gasteiger partial charge in [-0.2, -0.15) is 0 Å². The van der Waals surface area contributed by atoms with Crippen LogP contribution in [0.15, 0.2) is 12.2 Å². The van der Waals surface area contributed by atoms with Crippen LogP contribution >= 0.6 is 0 Å². The lowest BCUT2D eigenvalue weighted by molar-refractivity contribution is -0.0669. The van der Waals surface area contributed by atoms with Gasteiger partial charge in [-0.1, -0.05) is 39.8 Å². The molecular formula is C20H32O. The van der Waals surface area contributed by atoms with Crippen LogP contribution in [0.1, 0.15) is 72.6 Å². The molecule has 0 amide bonds. The Labute approximate surface area is 130 Å². The van der Waals surface area contributed by atoms with E-state index >= 15 is 0 Å². The second-order valence-corrected chi connectivity index (χ2v) is 9.99. The Hall–Kier alpha value is -0.300. The lowest BCUT2D eigenvalue weighted by Gasteiger charge is -2.53. The van der Waals surface area contributed by atoms with Gasteiger partial charge in [-0.3, -0.25) is 0 Å². The summed E-state index contributed by atoms with van der Waals surface area (Å²) < 4.78 is 0. The number of allylic oxidation sites excluding steroid dienone is 1. The summed E-state index contributed by atoms with van der Waals surface area (Å²) in [5.74, 6) is 1.60. The summed E-state index contributed by atoms with van der Waals surface area (Å²) >= 11 is 0. The van der Waals surface area contributed by atoms with Crippen LogP contribution in [0, 0.1) is 33.5 Å². The van der Waals surface area contributed by atoms with Crippen LogP contribution in [-0.4, -0.2) is 11.2 Å². The second-order valence-electron chi connectivity index (χ2n) is 9.99. The van der Waals surface area contributed by atoms with E-state index in [9.17, 15) is 5.11 Å². The van der Waals surface area contributed by atoms with Crippen molar-refractivity contribution >= 4 is 0 Å². The summed E-state index contributed by atoms with van der Waals surface area (Å²) in [4.78, 5) is 0. The molecule has 0 aromatic heterocycles. The van der Waals surface area contributed by atoms with Crippen molar-refractivity contribution in [2.24, 2.45) is 33.5 Å². The van der Waals surface area contributed by atoms with Gasteiger partial charge in [-0.05, 0) is 67.6 Å². The van der Waals surface area contributed by atoms with Gasteiger partial charge < -0.3 is 5.11 Å².